The first-order chi connectivity index (χ1) is 6.86. The van der Waals surface area contributed by atoms with Crippen LogP contribution in [0.4, 0.5) is 0 Å². The molecule has 2 rings (SSSR count). The SMILES string of the molecule is O=C(N[C@H]1CCSC1)c1ccccc1. The monoisotopic (exact) mass is 207 g/mol. The van der Waals surface area contributed by atoms with Gasteiger partial charge in [-0.3, -0.25) is 4.79 Å². The number of rotatable bonds is 2. The number of carbonyl (C=O) groups excluding carboxylic acids is 1. The summed E-state index contributed by atoms with van der Waals surface area (Å²) in [5.74, 6) is 2.27. The van der Waals surface area contributed by atoms with Gasteiger partial charge < -0.3 is 5.32 Å². The van der Waals surface area contributed by atoms with Crippen LogP contribution in [0.3, 0.4) is 0 Å². The molecule has 3 heteroatoms. The third-order valence-corrected chi connectivity index (χ3v) is 3.46. The van der Waals surface area contributed by atoms with Crippen molar-refractivity contribution in [2.45, 2.75) is 12.5 Å². The second-order valence-corrected chi connectivity index (χ2v) is 4.55. The lowest BCUT2D eigenvalue weighted by Crippen LogP contribution is -2.34. The molecule has 0 bridgehead atoms. The van der Waals surface area contributed by atoms with Crippen LogP contribution in [-0.4, -0.2) is 23.5 Å². The van der Waals surface area contributed by atoms with Gasteiger partial charge in [0.15, 0.2) is 0 Å². The number of amides is 1. The molecule has 0 saturated carbocycles. The fourth-order valence-corrected chi connectivity index (χ4v) is 2.66. The minimum Gasteiger partial charge on any atom is -0.348 e. The van der Waals surface area contributed by atoms with Gasteiger partial charge in [0.2, 0.25) is 0 Å². The molecule has 1 saturated heterocycles. The Morgan fingerprint density at radius 3 is 2.79 bits per heavy atom. The number of hydrogen-bond donors (Lipinski definition) is 1. The van der Waals surface area contributed by atoms with Crippen LogP contribution in [0.5, 0.6) is 0 Å². The Hall–Kier alpha value is -0.960. The van der Waals surface area contributed by atoms with E-state index in [0.29, 0.717) is 6.04 Å². The van der Waals surface area contributed by atoms with E-state index >= 15 is 0 Å². The first-order valence-electron chi connectivity index (χ1n) is 4.80. The maximum atomic E-state index is 11.7. The molecule has 0 unspecified atom stereocenters. The van der Waals surface area contributed by atoms with Gasteiger partial charge in [-0.2, -0.15) is 11.8 Å². The highest BCUT2D eigenvalue weighted by Gasteiger charge is 2.17. The number of benzene rings is 1. The molecule has 1 atom stereocenters. The fourth-order valence-electron chi connectivity index (χ4n) is 1.51. The summed E-state index contributed by atoms with van der Waals surface area (Å²) in [5.41, 5.74) is 0.754. The molecule has 1 N–H and O–H groups in total. The van der Waals surface area contributed by atoms with Crippen molar-refractivity contribution in [3.8, 4) is 0 Å². The third-order valence-electron chi connectivity index (χ3n) is 2.30. The van der Waals surface area contributed by atoms with E-state index in [0.717, 1.165) is 17.7 Å². The molecule has 74 valence electrons. The maximum absolute atomic E-state index is 11.7. The van der Waals surface area contributed by atoms with Gasteiger partial charge in [0.1, 0.15) is 0 Å². The van der Waals surface area contributed by atoms with Gasteiger partial charge in [-0.05, 0) is 24.3 Å². The highest BCUT2D eigenvalue weighted by Crippen LogP contribution is 2.17. The molecule has 1 aliphatic heterocycles. The first kappa shape index (κ1) is 9.59. The van der Waals surface area contributed by atoms with Crippen LogP contribution < -0.4 is 5.32 Å². The van der Waals surface area contributed by atoms with E-state index in [1.165, 1.54) is 5.75 Å². The Morgan fingerprint density at radius 2 is 2.14 bits per heavy atom. The summed E-state index contributed by atoms with van der Waals surface area (Å²) < 4.78 is 0. The van der Waals surface area contributed by atoms with Crippen LogP contribution in [0.15, 0.2) is 30.3 Å². The quantitative estimate of drug-likeness (QED) is 0.802. The summed E-state index contributed by atoms with van der Waals surface area (Å²) in [7, 11) is 0. The third kappa shape index (κ3) is 2.29. The number of hydrogen-bond acceptors (Lipinski definition) is 2. The van der Waals surface area contributed by atoms with Crippen LogP contribution in [0.2, 0.25) is 0 Å². The average molecular weight is 207 g/mol. The summed E-state index contributed by atoms with van der Waals surface area (Å²) in [6.07, 6.45) is 1.10. The van der Waals surface area contributed by atoms with Crippen LogP contribution in [0.25, 0.3) is 0 Å². The Morgan fingerprint density at radius 1 is 1.36 bits per heavy atom. The first-order valence-corrected chi connectivity index (χ1v) is 5.95. The van der Waals surface area contributed by atoms with Crippen LogP contribution >= 0.6 is 11.8 Å². The van der Waals surface area contributed by atoms with Crippen molar-refractivity contribution in [3.63, 3.8) is 0 Å². The Balaban J connectivity index is 1.95. The molecule has 0 spiro atoms. The van der Waals surface area contributed by atoms with Crippen molar-refractivity contribution in [2.24, 2.45) is 0 Å². The lowest BCUT2D eigenvalue weighted by Gasteiger charge is -2.10. The van der Waals surface area contributed by atoms with E-state index in [9.17, 15) is 4.79 Å². The molecule has 0 aromatic heterocycles. The fraction of sp³-hybridized carbons (Fsp3) is 0.364. The molecule has 1 aliphatic rings. The standard InChI is InChI=1S/C11H13NOS/c13-11(9-4-2-1-3-5-9)12-10-6-7-14-8-10/h1-5,10H,6-8H2,(H,12,13)/t10-/m0/s1. The summed E-state index contributed by atoms with van der Waals surface area (Å²) in [5, 5.41) is 3.04. The maximum Gasteiger partial charge on any atom is 0.251 e. The van der Waals surface area contributed by atoms with Gasteiger partial charge in [0, 0.05) is 17.4 Å². The molecule has 0 aliphatic carbocycles. The van der Waals surface area contributed by atoms with Crippen LogP contribution in [0, 0.1) is 0 Å². The summed E-state index contributed by atoms with van der Waals surface area (Å²) in [6.45, 7) is 0. The van der Waals surface area contributed by atoms with E-state index in [4.69, 9.17) is 0 Å². The van der Waals surface area contributed by atoms with Gasteiger partial charge in [0.25, 0.3) is 5.91 Å². The summed E-state index contributed by atoms with van der Waals surface area (Å²) in [4.78, 5) is 11.7. The van der Waals surface area contributed by atoms with Gasteiger partial charge in [0.05, 0.1) is 0 Å². The van der Waals surface area contributed by atoms with E-state index in [2.05, 4.69) is 5.32 Å². The van der Waals surface area contributed by atoms with E-state index < -0.39 is 0 Å². The predicted octanol–water partition coefficient (Wildman–Crippen LogP) is 1.92. The zero-order valence-corrected chi connectivity index (χ0v) is 8.72. The Bertz CT molecular complexity index is 306. The van der Waals surface area contributed by atoms with Crippen LogP contribution in [-0.2, 0) is 0 Å². The summed E-state index contributed by atoms with van der Waals surface area (Å²) in [6, 6.07) is 9.75. The van der Waals surface area contributed by atoms with E-state index in [1.807, 2.05) is 42.1 Å². The Labute approximate surface area is 88.1 Å². The number of nitrogens with one attached hydrogen (secondary N) is 1. The molecular weight excluding hydrogens is 194 g/mol. The van der Waals surface area contributed by atoms with E-state index in [-0.39, 0.29) is 5.91 Å². The van der Waals surface area contributed by atoms with Gasteiger partial charge >= 0.3 is 0 Å². The normalized spacial score (nSPS) is 20.7. The van der Waals surface area contributed by atoms with Crippen molar-refractivity contribution in [3.05, 3.63) is 35.9 Å². The highest BCUT2D eigenvalue weighted by atomic mass is 32.2. The second kappa shape index (κ2) is 4.51. The van der Waals surface area contributed by atoms with E-state index in [1.54, 1.807) is 0 Å². The molecule has 2 nitrogen and oxygen atoms in total. The minimum atomic E-state index is 0.0538. The topological polar surface area (TPSA) is 29.1 Å². The van der Waals surface area contributed by atoms with Crippen molar-refractivity contribution in [1.82, 2.24) is 5.32 Å². The van der Waals surface area contributed by atoms with Crippen LogP contribution in [0.1, 0.15) is 16.8 Å². The van der Waals surface area contributed by atoms with Crippen molar-refractivity contribution >= 4 is 17.7 Å². The molecule has 1 aromatic rings. The molecular formula is C11H13NOS. The number of carbonyl (C=O) groups is 1. The molecule has 1 amide bonds. The highest BCUT2D eigenvalue weighted by molar-refractivity contribution is 7.99. The largest absolute Gasteiger partial charge is 0.348 e. The molecule has 1 aromatic carbocycles. The molecule has 14 heavy (non-hydrogen) atoms. The zero-order valence-electron chi connectivity index (χ0n) is 7.90. The lowest BCUT2D eigenvalue weighted by atomic mass is 10.2. The molecule has 1 fully saturated rings. The lowest BCUT2D eigenvalue weighted by molar-refractivity contribution is 0.0941. The molecule has 0 radical (unpaired) electrons. The van der Waals surface area contributed by atoms with Crippen molar-refractivity contribution in [2.75, 3.05) is 11.5 Å². The zero-order chi connectivity index (χ0) is 9.80. The van der Waals surface area contributed by atoms with Gasteiger partial charge in [-0.15, -0.1) is 0 Å². The number of thioether (sulfide) groups is 1. The summed E-state index contributed by atoms with van der Waals surface area (Å²) >= 11 is 1.90. The van der Waals surface area contributed by atoms with Gasteiger partial charge in [-0.25, -0.2) is 0 Å². The predicted molar refractivity (Wildman–Crippen MR) is 59.6 cm³/mol. The minimum absolute atomic E-state index is 0.0538. The van der Waals surface area contributed by atoms with Crippen molar-refractivity contribution < 1.29 is 4.79 Å². The van der Waals surface area contributed by atoms with Gasteiger partial charge in [-0.1, -0.05) is 18.2 Å². The second-order valence-electron chi connectivity index (χ2n) is 3.40. The smallest absolute Gasteiger partial charge is 0.251 e. The van der Waals surface area contributed by atoms with Crippen molar-refractivity contribution in [1.29, 1.82) is 0 Å². The average Bonchev–Trinajstić information content (AvgIpc) is 2.72. The Kier molecular flexibility index (Phi) is 3.09. The molecule has 1 heterocycles.